The van der Waals surface area contributed by atoms with E-state index in [-0.39, 0.29) is 36.1 Å². The minimum absolute atomic E-state index is 0. The summed E-state index contributed by atoms with van der Waals surface area (Å²) in [6, 6.07) is 11.5. The van der Waals surface area contributed by atoms with Gasteiger partial charge in [-0.2, -0.15) is 0 Å². The molecule has 0 heterocycles. The minimum Gasteiger partial charge on any atom is -0.377 e. The Morgan fingerprint density at radius 1 is 1.00 bits per heavy atom. The van der Waals surface area contributed by atoms with Gasteiger partial charge in [0.1, 0.15) is 11.6 Å². The maximum atomic E-state index is 13.6. The maximum absolute atomic E-state index is 13.6. The SMILES string of the molecule is CCOCc1ccc(CNC(=NC)NCc2cc(F)ccc2F)cc1.I. The van der Waals surface area contributed by atoms with Crippen LogP contribution >= 0.6 is 24.0 Å². The number of benzene rings is 2. The Hall–Kier alpha value is -1.74. The highest BCUT2D eigenvalue weighted by atomic mass is 127. The van der Waals surface area contributed by atoms with Crippen molar-refractivity contribution in [3.05, 3.63) is 70.8 Å². The molecule has 4 nitrogen and oxygen atoms in total. The highest BCUT2D eigenvalue weighted by Gasteiger charge is 2.05. The number of rotatable bonds is 7. The summed E-state index contributed by atoms with van der Waals surface area (Å²) in [4.78, 5) is 4.09. The fraction of sp³-hybridized carbons (Fsp3) is 0.316. The summed E-state index contributed by atoms with van der Waals surface area (Å²) in [6.45, 7) is 3.98. The first-order valence-corrected chi connectivity index (χ1v) is 8.16. The van der Waals surface area contributed by atoms with Crippen LogP contribution in [-0.2, 0) is 24.4 Å². The molecule has 0 atom stereocenters. The predicted octanol–water partition coefficient (Wildman–Crippen LogP) is 3.98. The molecule has 0 aliphatic rings. The number of nitrogens with one attached hydrogen (secondary N) is 2. The quantitative estimate of drug-likeness (QED) is 0.362. The summed E-state index contributed by atoms with van der Waals surface area (Å²) >= 11 is 0. The second-order valence-electron chi connectivity index (χ2n) is 5.47. The van der Waals surface area contributed by atoms with Gasteiger partial charge in [0.25, 0.3) is 0 Å². The van der Waals surface area contributed by atoms with E-state index in [4.69, 9.17) is 4.74 Å². The maximum Gasteiger partial charge on any atom is 0.191 e. The topological polar surface area (TPSA) is 45.6 Å². The minimum atomic E-state index is -0.465. The summed E-state index contributed by atoms with van der Waals surface area (Å²) in [5.74, 6) is -0.399. The molecule has 0 radical (unpaired) electrons. The zero-order valence-corrected chi connectivity index (χ0v) is 17.2. The van der Waals surface area contributed by atoms with Crippen LogP contribution < -0.4 is 10.6 Å². The standard InChI is InChI=1S/C19H23F2N3O.HI/c1-3-25-13-15-6-4-14(5-7-15)11-23-19(22-2)24-12-16-10-17(20)8-9-18(16)21;/h4-10H,3,11-13H2,1-2H3,(H2,22,23,24);1H. The van der Waals surface area contributed by atoms with Crippen molar-refractivity contribution in [2.75, 3.05) is 13.7 Å². The van der Waals surface area contributed by atoms with E-state index in [0.29, 0.717) is 25.7 Å². The molecule has 0 aliphatic heterocycles. The third-order valence-electron chi connectivity index (χ3n) is 3.63. The highest BCUT2D eigenvalue weighted by Crippen LogP contribution is 2.09. The van der Waals surface area contributed by atoms with E-state index in [0.717, 1.165) is 23.3 Å². The van der Waals surface area contributed by atoms with E-state index in [1.54, 1.807) is 7.05 Å². The van der Waals surface area contributed by atoms with Gasteiger partial charge < -0.3 is 15.4 Å². The van der Waals surface area contributed by atoms with Crippen molar-refractivity contribution in [1.82, 2.24) is 10.6 Å². The van der Waals surface area contributed by atoms with E-state index in [9.17, 15) is 8.78 Å². The molecule has 0 saturated heterocycles. The van der Waals surface area contributed by atoms with Crippen molar-refractivity contribution in [1.29, 1.82) is 0 Å². The largest absolute Gasteiger partial charge is 0.377 e. The van der Waals surface area contributed by atoms with Crippen LogP contribution in [0.3, 0.4) is 0 Å². The molecule has 2 N–H and O–H groups in total. The monoisotopic (exact) mass is 475 g/mol. The molecular formula is C19H24F2IN3O. The lowest BCUT2D eigenvalue weighted by molar-refractivity contribution is 0.134. The highest BCUT2D eigenvalue weighted by molar-refractivity contribution is 14.0. The van der Waals surface area contributed by atoms with Crippen LogP contribution in [0.2, 0.25) is 0 Å². The molecule has 0 amide bonds. The second kappa shape index (κ2) is 11.8. The van der Waals surface area contributed by atoms with Crippen molar-refractivity contribution in [3.8, 4) is 0 Å². The van der Waals surface area contributed by atoms with Crippen LogP contribution in [0.5, 0.6) is 0 Å². The van der Waals surface area contributed by atoms with Gasteiger partial charge in [-0.05, 0) is 36.2 Å². The van der Waals surface area contributed by atoms with Crippen LogP contribution in [-0.4, -0.2) is 19.6 Å². The van der Waals surface area contributed by atoms with Crippen molar-refractivity contribution in [2.24, 2.45) is 4.99 Å². The van der Waals surface area contributed by atoms with Crippen LogP contribution in [0.1, 0.15) is 23.6 Å². The average Bonchev–Trinajstić information content (AvgIpc) is 2.63. The number of aliphatic imine (C=N–C) groups is 1. The molecule has 0 aliphatic carbocycles. The number of guanidine groups is 1. The molecular weight excluding hydrogens is 451 g/mol. The van der Waals surface area contributed by atoms with E-state index in [1.165, 1.54) is 6.07 Å². The van der Waals surface area contributed by atoms with Crippen LogP contribution in [0.15, 0.2) is 47.5 Å². The van der Waals surface area contributed by atoms with Gasteiger partial charge in [0, 0.05) is 32.3 Å². The molecule has 2 rings (SSSR count). The lowest BCUT2D eigenvalue weighted by Crippen LogP contribution is -2.36. The number of nitrogens with zero attached hydrogens (tertiary/aromatic N) is 1. The summed E-state index contributed by atoms with van der Waals surface area (Å²) in [5, 5.41) is 6.12. The third kappa shape index (κ3) is 7.25. The first-order chi connectivity index (χ1) is 12.1. The number of halogens is 3. The molecule has 2 aromatic carbocycles. The molecule has 142 valence electrons. The van der Waals surface area contributed by atoms with Crippen LogP contribution in [0, 0.1) is 11.6 Å². The third-order valence-corrected chi connectivity index (χ3v) is 3.63. The summed E-state index contributed by atoms with van der Waals surface area (Å²) in [5.41, 5.74) is 2.46. The zero-order chi connectivity index (χ0) is 18.1. The van der Waals surface area contributed by atoms with Crippen LogP contribution in [0.25, 0.3) is 0 Å². The van der Waals surface area contributed by atoms with Crippen LogP contribution in [0.4, 0.5) is 8.78 Å². The fourth-order valence-corrected chi connectivity index (χ4v) is 2.24. The van der Waals surface area contributed by atoms with Crippen molar-refractivity contribution in [2.45, 2.75) is 26.6 Å². The molecule has 0 bridgehead atoms. The van der Waals surface area contributed by atoms with E-state index in [1.807, 2.05) is 31.2 Å². The number of ether oxygens (including phenoxy) is 1. The molecule has 0 fully saturated rings. The Bertz CT molecular complexity index is 708. The van der Waals surface area contributed by atoms with E-state index >= 15 is 0 Å². The fourth-order valence-electron chi connectivity index (χ4n) is 2.24. The Morgan fingerprint density at radius 2 is 1.65 bits per heavy atom. The number of hydrogen-bond acceptors (Lipinski definition) is 2. The molecule has 7 heteroatoms. The predicted molar refractivity (Wildman–Crippen MR) is 111 cm³/mol. The number of hydrogen-bond donors (Lipinski definition) is 2. The van der Waals surface area contributed by atoms with Gasteiger partial charge in [0.05, 0.1) is 6.61 Å². The average molecular weight is 475 g/mol. The zero-order valence-electron chi connectivity index (χ0n) is 14.9. The van der Waals surface area contributed by atoms with Gasteiger partial charge in [0.15, 0.2) is 5.96 Å². The first-order valence-electron chi connectivity index (χ1n) is 8.16. The Balaban J connectivity index is 0.00000338. The summed E-state index contributed by atoms with van der Waals surface area (Å²) in [7, 11) is 1.63. The van der Waals surface area contributed by atoms with Crippen molar-refractivity contribution in [3.63, 3.8) is 0 Å². The first kappa shape index (κ1) is 22.3. The molecule has 0 unspecified atom stereocenters. The van der Waals surface area contributed by atoms with E-state index in [2.05, 4.69) is 15.6 Å². The van der Waals surface area contributed by atoms with Gasteiger partial charge >= 0.3 is 0 Å². The van der Waals surface area contributed by atoms with Gasteiger partial charge in [0.2, 0.25) is 0 Å². The molecule has 2 aromatic rings. The Labute approximate surface area is 170 Å². The molecule has 0 aromatic heterocycles. The van der Waals surface area contributed by atoms with Gasteiger partial charge in [-0.25, -0.2) is 8.78 Å². The van der Waals surface area contributed by atoms with E-state index < -0.39 is 11.6 Å². The van der Waals surface area contributed by atoms with Gasteiger partial charge in [-0.1, -0.05) is 24.3 Å². The Morgan fingerprint density at radius 3 is 2.31 bits per heavy atom. The van der Waals surface area contributed by atoms with Crippen molar-refractivity contribution < 1.29 is 13.5 Å². The lowest BCUT2D eigenvalue weighted by atomic mass is 10.1. The molecule has 0 saturated carbocycles. The van der Waals surface area contributed by atoms with Gasteiger partial charge in [-0.15, -0.1) is 24.0 Å². The summed E-state index contributed by atoms with van der Waals surface area (Å²) in [6.07, 6.45) is 0. The smallest absolute Gasteiger partial charge is 0.191 e. The lowest BCUT2D eigenvalue weighted by Gasteiger charge is -2.13. The Kier molecular flexibility index (Phi) is 10.1. The molecule has 0 spiro atoms. The molecule has 26 heavy (non-hydrogen) atoms. The van der Waals surface area contributed by atoms with Crippen molar-refractivity contribution >= 4 is 29.9 Å². The second-order valence-corrected chi connectivity index (χ2v) is 5.47. The summed E-state index contributed by atoms with van der Waals surface area (Å²) < 4.78 is 32.2. The van der Waals surface area contributed by atoms with Gasteiger partial charge in [-0.3, -0.25) is 4.99 Å². The normalized spacial score (nSPS) is 11.0.